The third-order valence-electron chi connectivity index (χ3n) is 5.06. The predicted molar refractivity (Wildman–Crippen MR) is 101 cm³/mol. The van der Waals surface area contributed by atoms with E-state index < -0.39 is 0 Å². The molecule has 2 unspecified atom stereocenters. The van der Waals surface area contributed by atoms with E-state index in [1.807, 2.05) is 51.1 Å². The molecule has 0 spiro atoms. The van der Waals surface area contributed by atoms with Crippen molar-refractivity contribution in [2.75, 3.05) is 11.4 Å². The van der Waals surface area contributed by atoms with Crippen molar-refractivity contribution < 1.29 is 14.0 Å². The van der Waals surface area contributed by atoms with E-state index in [2.05, 4.69) is 12.2 Å². The Morgan fingerprint density at radius 3 is 2.73 bits per heavy atom. The van der Waals surface area contributed by atoms with E-state index in [0.717, 1.165) is 34.8 Å². The standard InChI is InChI=1S/C21H26N2O3/c1-5-16-8-6-7-9-19(16)23-12-17(11-20(23)24)21(25)22-14(3)18-10-13(2)26-15(18)4/h6-10,14,17H,5,11-12H2,1-4H3,(H,22,25). The first-order valence-electron chi connectivity index (χ1n) is 9.16. The molecule has 2 amide bonds. The fourth-order valence-corrected chi connectivity index (χ4v) is 3.68. The Balaban J connectivity index is 1.70. The fraction of sp³-hybridized carbons (Fsp3) is 0.429. The molecule has 1 aromatic carbocycles. The quantitative estimate of drug-likeness (QED) is 0.891. The van der Waals surface area contributed by atoms with Crippen LogP contribution in [0.2, 0.25) is 0 Å². The van der Waals surface area contributed by atoms with Crippen LogP contribution in [-0.4, -0.2) is 18.4 Å². The lowest BCUT2D eigenvalue weighted by Gasteiger charge is -2.20. The summed E-state index contributed by atoms with van der Waals surface area (Å²) in [7, 11) is 0. The van der Waals surface area contributed by atoms with Crippen LogP contribution >= 0.6 is 0 Å². The van der Waals surface area contributed by atoms with E-state index in [0.29, 0.717) is 6.54 Å². The number of benzene rings is 1. The SMILES string of the molecule is CCc1ccccc1N1CC(C(=O)NC(C)c2cc(C)oc2C)CC1=O. The average Bonchev–Trinajstić information content (AvgIpc) is 3.16. The van der Waals surface area contributed by atoms with Crippen LogP contribution in [0.25, 0.3) is 0 Å². The summed E-state index contributed by atoms with van der Waals surface area (Å²) in [5.74, 6) is 1.24. The van der Waals surface area contributed by atoms with Gasteiger partial charge in [-0.3, -0.25) is 9.59 Å². The maximum absolute atomic E-state index is 12.7. The first-order chi connectivity index (χ1) is 12.4. The second kappa shape index (κ2) is 7.36. The second-order valence-corrected chi connectivity index (χ2v) is 6.99. The number of para-hydroxylation sites is 1. The minimum atomic E-state index is -0.330. The molecule has 26 heavy (non-hydrogen) atoms. The zero-order valence-electron chi connectivity index (χ0n) is 15.8. The van der Waals surface area contributed by atoms with Crippen LogP contribution in [-0.2, 0) is 16.0 Å². The molecule has 138 valence electrons. The van der Waals surface area contributed by atoms with Gasteiger partial charge in [0.15, 0.2) is 0 Å². The van der Waals surface area contributed by atoms with Gasteiger partial charge in [-0.2, -0.15) is 0 Å². The number of hydrogen-bond acceptors (Lipinski definition) is 3. The number of carbonyl (C=O) groups excluding carboxylic acids is 2. The Morgan fingerprint density at radius 1 is 1.35 bits per heavy atom. The smallest absolute Gasteiger partial charge is 0.227 e. The summed E-state index contributed by atoms with van der Waals surface area (Å²) in [6.07, 6.45) is 1.10. The molecule has 5 nitrogen and oxygen atoms in total. The van der Waals surface area contributed by atoms with Crippen molar-refractivity contribution in [3.63, 3.8) is 0 Å². The number of anilines is 1. The number of hydrogen-bond donors (Lipinski definition) is 1. The topological polar surface area (TPSA) is 62.6 Å². The highest BCUT2D eigenvalue weighted by Crippen LogP contribution is 2.29. The van der Waals surface area contributed by atoms with Crippen LogP contribution < -0.4 is 10.2 Å². The third kappa shape index (κ3) is 3.52. The van der Waals surface area contributed by atoms with E-state index in [1.54, 1.807) is 4.90 Å². The third-order valence-corrected chi connectivity index (χ3v) is 5.06. The molecule has 1 aliphatic rings. The van der Waals surface area contributed by atoms with Crippen LogP contribution in [0.4, 0.5) is 5.69 Å². The van der Waals surface area contributed by atoms with Crippen molar-refractivity contribution in [2.45, 2.75) is 46.6 Å². The zero-order chi connectivity index (χ0) is 18.8. The van der Waals surface area contributed by atoms with Gasteiger partial charge in [0, 0.05) is 24.2 Å². The molecule has 1 aliphatic heterocycles. The fourth-order valence-electron chi connectivity index (χ4n) is 3.68. The van der Waals surface area contributed by atoms with Gasteiger partial charge >= 0.3 is 0 Å². The van der Waals surface area contributed by atoms with Crippen molar-refractivity contribution >= 4 is 17.5 Å². The monoisotopic (exact) mass is 354 g/mol. The first kappa shape index (κ1) is 18.2. The number of nitrogens with zero attached hydrogens (tertiary/aromatic N) is 1. The molecule has 2 aromatic rings. The molecule has 0 radical (unpaired) electrons. The molecule has 3 rings (SSSR count). The highest BCUT2D eigenvalue weighted by Gasteiger charge is 2.36. The molecule has 1 saturated heterocycles. The molecule has 0 aliphatic carbocycles. The molecule has 1 N–H and O–H groups in total. The van der Waals surface area contributed by atoms with Gasteiger partial charge in [0.1, 0.15) is 11.5 Å². The average molecular weight is 354 g/mol. The predicted octanol–water partition coefficient (Wildman–Crippen LogP) is 3.69. The Bertz CT molecular complexity index is 824. The number of nitrogens with one attached hydrogen (secondary N) is 1. The Morgan fingerprint density at radius 2 is 2.08 bits per heavy atom. The van der Waals surface area contributed by atoms with Gasteiger partial charge in [0.25, 0.3) is 0 Å². The van der Waals surface area contributed by atoms with Gasteiger partial charge in [-0.25, -0.2) is 0 Å². The van der Waals surface area contributed by atoms with E-state index in [1.165, 1.54) is 0 Å². The Kier molecular flexibility index (Phi) is 5.16. The lowest BCUT2D eigenvalue weighted by atomic mass is 10.1. The highest BCUT2D eigenvalue weighted by atomic mass is 16.3. The molecular formula is C21H26N2O3. The van der Waals surface area contributed by atoms with Gasteiger partial charge in [-0.05, 0) is 44.9 Å². The summed E-state index contributed by atoms with van der Waals surface area (Å²) < 4.78 is 5.55. The molecule has 1 fully saturated rings. The minimum Gasteiger partial charge on any atom is -0.466 e. The second-order valence-electron chi connectivity index (χ2n) is 6.99. The van der Waals surface area contributed by atoms with Crippen molar-refractivity contribution in [1.82, 2.24) is 5.32 Å². The first-order valence-corrected chi connectivity index (χ1v) is 9.16. The van der Waals surface area contributed by atoms with E-state index in [9.17, 15) is 9.59 Å². The number of rotatable bonds is 5. The molecule has 2 heterocycles. The molecule has 2 atom stereocenters. The van der Waals surface area contributed by atoms with Gasteiger partial charge in [-0.1, -0.05) is 25.1 Å². The van der Waals surface area contributed by atoms with Crippen LogP contribution in [0.5, 0.6) is 0 Å². The minimum absolute atomic E-state index is 0.00837. The Hall–Kier alpha value is -2.56. The zero-order valence-corrected chi connectivity index (χ0v) is 15.8. The normalized spacial score (nSPS) is 18.2. The van der Waals surface area contributed by atoms with Gasteiger partial charge < -0.3 is 14.6 Å². The van der Waals surface area contributed by atoms with Gasteiger partial charge in [0.2, 0.25) is 11.8 Å². The number of carbonyl (C=O) groups is 2. The number of amides is 2. The maximum Gasteiger partial charge on any atom is 0.227 e. The molecule has 0 saturated carbocycles. The van der Waals surface area contributed by atoms with E-state index >= 15 is 0 Å². The molecular weight excluding hydrogens is 328 g/mol. The molecule has 5 heteroatoms. The van der Waals surface area contributed by atoms with Crippen LogP contribution in [0.3, 0.4) is 0 Å². The van der Waals surface area contributed by atoms with E-state index in [4.69, 9.17) is 4.42 Å². The van der Waals surface area contributed by atoms with Crippen molar-refractivity contribution in [3.8, 4) is 0 Å². The lowest BCUT2D eigenvalue weighted by molar-refractivity contribution is -0.126. The summed E-state index contributed by atoms with van der Waals surface area (Å²) in [6, 6.07) is 9.70. The number of aryl methyl sites for hydroxylation is 3. The lowest BCUT2D eigenvalue weighted by Crippen LogP contribution is -2.34. The Labute approximate surface area is 154 Å². The van der Waals surface area contributed by atoms with Crippen molar-refractivity contribution in [3.05, 3.63) is 53.0 Å². The van der Waals surface area contributed by atoms with Gasteiger partial charge in [0.05, 0.1) is 12.0 Å². The maximum atomic E-state index is 12.7. The van der Waals surface area contributed by atoms with Gasteiger partial charge in [-0.15, -0.1) is 0 Å². The van der Waals surface area contributed by atoms with Crippen LogP contribution in [0.1, 0.15) is 49.0 Å². The van der Waals surface area contributed by atoms with Crippen LogP contribution in [0, 0.1) is 19.8 Å². The summed E-state index contributed by atoms with van der Waals surface area (Å²) in [5, 5.41) is 3.04. The molecule has 0 bridgehead atoms. The van der Waals surface area contributed by atoms with Crippen molar-refractivity contribution in [2.24, 2.45) is 5.92 Å². The van der Waals surface area contributed by atoms with Crippen LogP contribution in [0.15, 0.2) is 34.7 Å². The number of furan rings is 1. The summed E-state index contributed by atoms with van der Waals surface area (Å²) >= 11 is 0. The largest absolute Gasteiger partial charge is 0.466 e. The highest BCUT2D eigenvalue weighted by molar-refractivity contribution is 6.00. The summed E-state index contributed by atoms with van der Waals surface area (Å²) in [4.78, 5) is 27.0. The summed E-state index contributed by atoms with van der Waals surface area (Å²) in [5.41, 5.74) is 3.03. The van der Waals surface area contributed by atoms with E-state index in [-0.39, 0.29) is 30.2 Å². The molecule has 1 aromatic heterocycles. The van der Waals surface area contributed by atoms with Crippen molar-refractivity contribution in [1.29, 1.82) is 0 Å². The summed E-state index contributed by atoms with van der Waals surface area (Å²) in [6.45, 7) is 8.23.